The van der Waals surface area contributed by atoms with Gasteiger partial charge in [-0.15, -0.1) is 0 Å². The molecular weight excluding hydrogens is 400 g/mol. The van der Waals surface area contributed by atoms with Crippen LogP contribution >= 0.6 is 0 Å². The van der Waals surface area contributed by atoms with Crippen molar-refractivity contribution in [3.63, 3.8) is 0 Å². The standard InChI is InChI=1S/C24H36F2N3O2/c1-15-3-5-17(6-4-15)20-12-21(18-7-9-19(30)10-8-18)29-22(20)13-27-23(28-29)11-16(2)14-31-24(25)26/h12-13,15-19,22,24,30H,3-11,14H2,1-2H3/q+1/t15?,16-,17?,18?,19?,22?/m1/s1. The number of allylic oxidation sites excluding steroid dienone is 1. The maximum Gasteiger partial charge on any atom is 0.345 e. The van der Waals surface area contributed by atoms with E-state index in [0.717, 1.165) is 31.6 Å². The SMILES string of the molecule is CC1CCC(C2=CC(C3CCC(O)CC3)=[N+]3N=C(C[C@@H](C)COC(F)F)N=CC23)CC1. The molecule has 2 fully saturated rings. The quantitative estimate of drug-likeness (QED) is 0.584. The molecule has 0 spiro atoms. The van der Waals surface area contributed by atoms with Crippen LogP contribution in [0.5, 0.6) is 0 Å². The van der Waals surface area contributed by atoms with Crippen LogP contribution in [0, 0.1) is 23.7 Å². The van der Waals surface area contributed by atoms with Crippen molar-refractivity contribution in [2.24, 2.45) is 33.8 Å². The molecule has 0 amide bonds. The molecule has 2 heterocycles. The second kappa shape index (κ2) is 9.99. The molecule has 2 atom stereocenters. The number of aliphatic hydroxyl groups is 1. The van der Waals surface area contributed by atoms with Gasteiger partial charge in [0.05, 0.1) is 18.9 Å². The molecule has 5 nitrogen and oxygen atoms in total. The number of rotatable bonds is 7. The highest BCUT2D eigenvalue weighted by molar-refractivity contribution is 6.00. The molecule has 0 saturated heterocycles. The number of hydrazone groups is 1. The van der Waals surface area contributed by atoms with Gasteiger partial charge in [0, 0.05) is 29.1 Å². The van der Waals surface area contributed by atoms with E-state index >= 15 is 0 Å². The van der Waals surface area contributed by atoms with E-state index < -0.39 is 6.61 Å². The van der Waals surface area contributed by atoms with Crippen molar-refractivity contribution in [2.45, 2.75) is 90.4 Å². The van der Waals surface area contributed by atoms with Crippen LogP contribution in [-0.2, 0) is 4.74 Å². The summed E-state index contributed by atoms with van der Waals surface area (Å²) in [4.78, 5) is 4.64. The normalized spacial score (nSPS) is 34.6. The van der Waals surface area contributed by atoms with E-state index in [9.17, 15) is 13.9 Å². The average Bonchev–Trinajstić information content (AvgIpc) is 3.12. The molecule has 0 bridgehead atoms. The number of nitrogens with zero attached hydrogens (tertiary/aromatic N) is 3. The van der Waals surface area contributed by atoms with E-state index in [1.807, 2.05) is 13.1 Å². The second-order valence-corrected chi connectivity index (χ2v) is 10.0. The highest BCUT2D eigenvalue weighted by atomic mass is 19.3. The summed E-state index contributed by atoms with van der Waals surface area (Å²) in [5.74, 6) is 2.39. The predicted octanol–water partition coefficient (Wildman–Crippen LogP) is 4.79. The minimum atomic E-state index is -2.74. The zero-order valence-corrected chi connectivity index (χ0v) is 18.7. The lowest BCUT2D eigenvalue weighted by atomic mass is 9.77. The molecule has 2 aliphatic heterocycles. The average molecular weight is 437 g/mol. The number of hydrogen-bond acceptors (Lipinski definition) is 4. The highest BCUT2D eigenvalue weighted by Gasteiger charge is 2.44. The van der Waals surface area contributed by atoms with Crippen LogP contribution in [0.3, 0.4) is 0 Å². The lowest BCUT2D eigenvalue weighted by Gasteiger charge is -2.27. The third-order valence-electron chi connectivity index (χ3n) is 7.41. The molecule has 1 N–H and O–H groups in total. The number of aliphatic imine (C=N–C) groups is 1. The van der Waals surface area contributed by atoms with E-state index in [1.54, 1.807) is 0 Å². The van der Waals surface area contributed by atoms with Crippen LogP contribution in [0.15, 0.2) is 21.7 Å². The first kappa shape index (κ1) is 22.7. The monoisotopic (exact) mass is 436 g/mol. The first-order valence-corrected chi connectivity index (χ1v) is 12.0. The van der Waals surface area contributed by atoms with Gasteiger partial charge >= 0.3 is 6.61 Å². The zero-order valence-electron chi connectivity index (χ0n) is 18.7. The van der Waals surface area contributed by atoms with Crippen LogP contribution in [-0.4, -0.2) is 52.9 Å². The first-order valence-electron chi connectivity index (χ1n) is 12.0. The van der Waals surface area contributed by atoms with Crippen LogP contribution in [0.25, 0.3) is 0 Å². The number of halogens is 2. The molecule has 7 heteroatoms. The molecule has 31 heavy (non-hydrogen) atoms. The number of aliphatic hydroxyl groups excluding tert-OH is 1. The molecular formula is C24H36F2N3O2+. The lowest BCUT2D eigenvalue weighted by molar-refractivity contribution is -0.544. The van der Waals surface area contributed by atoms with Gasteiger partial charge in [-0.2, -0.15) is 8.78 Å². The van der Waals surface area contributed by atoms with Crippen molar-refractivity contribution in [1.82, 2.24) is 0 Å². The minimum Gasteiger partial charge on any atom is -0.393 e. The molecule has 2 saturated carbocycles. The van der Waals surface area contributed by atoms with E-state index in [-0.39, 0.29) is 24.7 Å². The van der Waals surface area contributed by atoms with Gasteiger partial charge in [0.2, 0.25) is 11.8 Å². The Hall–Kier alpha value is -1.47. The summed E-state index contributed by atoms with van der Waals surface area (Å²) in [7, 11) is 0. The molecule has 4 rings (SSSR count). The molecule has 0 aromatic heterocycles. The molecule has 2 aliphatic carbocycles. The largest absolute Gasteiger partial charge is 0.393 e. The fraction of sp³-hybridized carbons (Fsp3) is 0.792. The Morgan fingerprint density at radius 2 is 1.77 bits per heavy atom. The summed E-state index contributed by atoms with van der Waals surface area (Å²) < 4.78 is 31.3. The van der Waals surface area contributed by atoms with Crippen molar-refractivity contribution >= 4 is 17.8 Å². The molecule has 0 radical (unpaired) electrons. The fourth-order valence-corrected chi connectivity index (χ4v) is 5.53. The molecule has 4 aliphatic rings. The summed E-state index contributed by atoms with van der Waals surface area (Å²) in [5, 5.41) is 14.9. The van der Waals surface area contributed by atoms with Crippen LogP contribution in [0.2, 0.25) is 0 Å². The van der Waals surface area contributed by atoms with Crippen molar-refractivity contribution in [1.29, 1.82) is 0 Å². The topological polar surface area (TPSA) is 57.2 Å². The molecule has 172 valence electrons. The Morgan fingerprint density at radius 1 is 1.10 bits per heavy atom. The Morgan fingerprint density at radius 3 is 2.45 bits per heavy atom. The molecule has 0 aromatic carbocycles. The maximum absolute atomic E-state index is 12.4. The third-order valence-corrected chi connectivity index (χ3v) is 7.41. The Balaban J connectivity index is 1.53. The van der Waals surface area contributed by atoms with Gasteiger partial charge in [-0.05, 0) is 56.3 Å². The van der Waals surface area contributed by atoms with Gasteiger partial charge in [0.15, 0.2) is 5.84 Å². The number of fused-ring (bicyclic) bond motifs is 1. The van der Waals surface area contributed by atoms with Gasteiger partial charge in [0.1, 0.15) is 0 Å². The summed E-state index contributed by atoms with van der Waals surface area (Å²) in [5.41, 5.74) is 2.69. The van der Waals surface area contributed by atoms with Crippen molar-refractivity contribution in [3.05, 3.63) is 11.6 Å². The predicted molar refractivity (Wildman–Crippen MR) is 118 cm³/mol. The lowest BCUT2D eigenvalue weighted by Crippen LogP contribution is -2.35. The Kier molecular flexibility index (Phi) is 7.32. The number of hydrogen-bond donors (Lipinski definition) is 1. The Bertz CT molecular complexity index is 761. The van der Waals surface area contributed by atoms with Crippen molar-refractivity contribution < 1.29 is 23.3 Å². The number of amidine groups is 1. The van der Waals surface area contributed by atoms with Gasteiger partial charge in [-0.3, -0.25) is 0 Å². The van der Waals surface area contributed by atoms with Crippen LogP contribution < -0.4 is 0 Å². The van der Waals surface area contributed by atoms with Gasteiger partial charge in [-0.25, -0.2) is 4.99 Å². The smallest absolute Gasteiger partial charge is 0.345 e. The van der Waals surface area contributed by atoms with Gasteiger partial charge < -0.3 is 9.84 Å². The van der Waals surface area contributed by atoms with E-state index in [1.165, 1.54) is 37.0 Å². The molecule has 0 aromatic rings. The van der Waals surface area contributed by atoms with Gasteiger partial charge in [0.25, 0.3) is 0 Å². The number of alkyl halides is 2. The van der Waals surface area contributed by atoms with E-state index in [0.29, 0.717) is 24.1 Å². The maximum atomic E-state index is 12.4. The Labute approximate surface area is 184 Å². The van der Waals surface area contributed by atoms with Crippen molar-refractivity contribution in [2.75, 3.05) is 6.61 Å². The van der Waals surface area contributed by atoms with Crippen LogP contribution in [0.4, 0.5) is 8.78 Å². The summed E-state index contributed by atoms with van der Waals surface area (Å²) >= 11 is 0. The zero-order chi connectivity index (χ0) is 22.0. The summed E-state index contributed by atoms with van der Waals surface area (Å²) in [6.45, 7) is 1.48. The summed E-state index contributed by atoms with van der Waals surface area (Å²) in [6.07, 6.45) is 13.3. The number of ether oxygens (including phenoxy) is 1. The van der Waals surface area contributed by atoms with Gasteiger partial charge in [-0.1, -0.05) is 31.4 Å². The van der Waals surface area contributed by atoms with E-state index in [4.69, 9.17) is 5.10 Å². The highest BCUT2D eigenvalue weighted by Crippen LogP contribution is 2.39. The molecule has 1 unspecified atom stereocenters. The fourth-order valence-electron chi connectivity index (χ4n) is 5.53. The van der Waals surface area contributed by atoms with Crippen molar-refractivity contribution in [3.8, 4) is 0 Å². The summed E-state index contributed by atoms with van der Waals surface area (Å²) in [6, 6.07) is 0.0802. The second-order valence-electron chi connectivity index (χ2n) is 10.0. The third kappa shape index (κ3) is 5.48. The van der Waals surface area contributed by atoms with E-state index in [2.05, 4.69) is 27.4 Å². The first-order chi connectivity index (χ1) is 14.9. The minimum absolute atomic E-state index is 0.00349. The van der Waals surface area contributed by atoms with Crippen LogP contribution in [0.1, 0.15) is 71.6 Å².